The number of rotatable bonds is 2. The summed E-state index contributed by atoms with van der Waals surface area (Å²) >= 11 is 7.49. The van der Waals surface area contributed by atoms with Crippen LogP contribution in [0, 0.1) is 0 Å². The van der Waals surface area contributed by atoms with Crippen LogP contribution in [-0.4, -0.2) is 21.2 Å². The van der Waals surface area contributed by atoms with E-state index in [0.29, 0.717) is 10.3 Å². The van der Waals surface area contributed by atoms with E-state index >= 15 is 0 Å². The van der Waals surface area contributed by atoms with E-state index in [-0.39, 0.29) is 0 Å². The lowest BCUT2D eigenvalue weighted by atomic mass is 10.1. The molecule has 3 nitrogen and oxygen atoms in total. The Morgan fingerprint density at radius 1 is 1.11 bits per heavy atom. The summed E-state index contributed by atoms with van der Waals surface area (Å²) in [4.78, 5) is 13.0. The van der Waals surface area contributed by atoms with Crippen LogP contribution in [0.2, 0.25) is 5.15 Å². The molecule has 0 fully saturated rings. The van der Waals surface area contributed by atoms with E-state index in [4.69, 9.17) is 11.6 Å². The summed E-state index contributed by atoms with van der Waals surface area (Å²) in [5.41, 5.74) is 2.75. The molecule has 3 aromatic rings. The van der Waals surface area contributed by atoms with Gasteiger partial charge in [0.05, 0.1) is 11.2 Å². The lowest BCUT2D eigenvalue weighted by molar-refractivity contribution is 0.977. The van der Waals surface area contributed by atoms with E-state index in [9.17, 15) is 0 Å². The molecule has 0 radical (unpaired) electrons. The van der Waals surface area contributed by atoms with Gasteiger partial charge in [0.2, 0.25) is 0 Å². The van der Waals surface area contributed by atoms with E-state index in [0.717, 1.165) is 22.2 Å². The fraction of sp³-hybridized carbons (Fsp3) is 0.0714. The number of pyridine rings is 1. The van der Waals surface area contributed by atoms with Gasteiger partial charge in [-0.25, -0.2) is 9.97 Å². The van der Waals surface area contributed by atoms with Crippen LogP contribution in [-0.2, 0) is 0 Å². The molecule has 2 heterocycles. The summed E-state index contributed by atoms with van der Waals surface area (Å²) in [5, 5.41) is 2.23. The maximum Gasteiger partial charge on any atom is 0.189 e. The second-order valence-corrected chi connectivity index (χ2v) is 5.13. The quantitative estimate of drug-likeness (QED) is 0.405. The molecular weight excluding hydrogens is 278 g/mol. The number of thioether (sulfide) groups is 1. The molecule has 3 rings (SSSR count). The highest BCUT2D eigenvalue weighted by Crippen LogP contribution is 2.25. The first-order valence-corrected chi connectivity index (χ1v) is 7.30. The molecule has 0 atom stereocenters. The average Bonchev–Trinajstić information content (AvgIpc) is 2.46. The molecule has 0 bridgehead atoms. The third-order valence-corrected chi connectivity index (χ3v) is 3.50. The minimum absolute atomic E-state index is 0.454. The zero-order chi connectivity index (χ0) is 13.2. The SMILES string of the molecule is CSc1nc(Cl)cc(-c2ccc3cccnc3c2)n1. The monoisotopic (exact) mass is 287 g/mol. The Balaban J connectivity index is 2.15. The first kappa shape index (κ1) is 12.4. The molecule has 5 heteroatoms. The van der Waals surface area contributed by atoms with Gasteiger partial charge in [-0.05, 0) is 18.4 Å². The van der Waals surface area contributed by atoms with Crippen molar-refractivity contribution in [3.63, 3.8) is 0 Å². The number of hydrogen-bond acceptors (Lipinski definition) is 4. The van der Waals surface area contributed by atoms with E-state index in [1.165, 1.54) is 11.8 Å². The maximum absolute atomic E-state index is 6.02. The first-order chi connectivity index (χ1) is 9.26. The summed E-state index contributed by atoms with van der Waals surface area (Å²) in [5.74, 6) is 0. The summed E-state index contributed by atoms with van der Waals surface area (Å²) in [6, 6.07) is 11.8. The standard InChI is InChI=1S/C14H10ClN3S/c1-19-14-17-12(8-13(15)18-14)10-5-4-9-3-2-6-16-11(9)7-10/h2-8H,1H3. The highest BCUT2D eigenvalue weighted by molar-refractivity contribution is 7.98. The van der Waals surface area contributed by atoms with Crippen molar-refractivity contribution in [1.82, 2.24) is 15.0 Å². The van der Waals surface area contributed by atoms with Crippen LogP contribution < -0.4 is 0 Å². The van der Waals surface area contributed by atoms with Gasteiger partial charge in [-0.1, -0.05) is 41.6 Å². The first-order valence-electron chi connectivity index (χ1n) is 5.70. The molecule has 94 valence electrons. The van der Waals surface area contributed by atoms with Crippen LogP contribution in [0.25, 0.3) is 22.2 Å². The van der Waals surface area contributed by atoms with Crippen LogP contribution >= 0.6 is 23.4 Å². The second-order valence-electron chi connectivity index (χ2n) is 3.97. The molecule has 0 aliphatic carbocycles. The molecule has 0 unspecified atom stereocenters. The number of halogens is 1. The Morgan fingerprint density at radius 2 is 2.00 bits per heavy atom. The zero-order valence-corrected chi connectivity index (χ0v) is 11.7. The Bertz CT molecular complexity index is 746. The predicted octanol–water partition coefficient (Wildman–Crippen LogP) is 4.07. The van der Waals surface area contributed by atoms with E-state index < -0.39 is 0 Å². The summed E-state index contributed by atoms with van der Waals surface area (Å²) < 4.78 is 0. The van der Waals surface area contributed by atoms with Crippen molar-refractivity contribution in [2.45, 2.75) is 5.16 Å². The fourth-order valence-corrected chi connectivity index (χ4v) is 2.47. The number of nitrogens with zero attached hydrogens (tertiary/aromatic N) is 3. The summed E-state index contributed by atoms with van der Waals surface area (Å²) in [6.45, 7) is 0. The molecule has 19 heavy (non-hydrogen) atoms. The van der Waals surface area contributed by atoms with Gasteiger partial charge < -0.3 is 0 Å². The van der Waals surface area contributed by atoms with Crippen molar-refractivity contribution in [2.24, 2.45) is 0 Å². The third-order valence-electron chi connectivity index (χ3n) is 2.76. The fourth-order valence-electron chi connectivity index (χ4n) is 1.86. The van der Waals surface area contributed by atoms with Crippen molar-refractivity contribution in [3.05, 3.63) is 47.7 Å². The Kier molecular flexibility index (Phi) is 3.36. The molecule has 0 aliphatic rings. The number of benzene rings is 1. The molecule has 0 saturated carbocycles. The summed E-state index contributed by atoms with van der Waals surface area (Å²) in [6.07, 6.45) is 3.71. The molecule has 0 N–H and O–H groups in total. The normalized spacial score (nSPS) is 10.8. The van der Waals surface area contributed by atoms with E-state index in [2.05, 4.69) is 15.0 Å². The van der Waals surface area contributed by atoms with E-state index in [1.54, 1.807) is 12.3 Å². The highest BCUT2D eigenvalue weighted by Gasteiger charge is 2.06. The Morgan fingerprint density at radius 3 is 2.84 bits per heavy atom. The number of aromatic nitrogens is 3. The molecule has 0 saturated heterocycles. The largest absolute Gasteiger partial charge is 0.256 e. The molecule has 2 aromatic heterocycles. The third kappa shape index (κ3) is 2.55. The van der Waals surface area contributed by atoms with Gasteiger partial charge in [0, 0.05) is 23.2 Å². The topological polar surface area (TPSA) is 38.7 Å². The number of hydrogen-bond donors (Lipinski definition) is 0. The minimum atomic E-state index is 0.454. The van der Waals surface area contributed by atoms with Gasteiger partial charge in [-0.2, -0.15) is 0 Å². The van der Waals surface area contributed by atoms with E-state index in [1.807, 2.05) is 36.6 Å². The van der Waals surface area contributed by atoms with Gasteiger partial charge in [0.15, 0.2) is 5.16 Å². The molecular formula is C14H10ClN3S. The van der Waals surface area contributed by atoms with Crippen LogP contribution in [0.15, 0.2) is 47.8 Å². The lowest BCUT2D eigenvalue weighted by Gasteiger charge is -2.05. The van der Waals surface area contributed by atoms with Crippen LogP contribution in [0.1, 0.15) is 0 Å². The van der Waals surface area contributed by atoms with Crippen LogP contribution in [0.5, 0.6) is 0 Å². The lowest BCUT2D eigenvalue weighted by Crippen LogP contribution is -1.91. The Labute approximate surface area is 120 Å². The van der Waals surface area contributed by atoms with Crippen LogP contribution in [0.4, 0.5) is 0 Å². The van der Waals surface area contributed by atoms with Crippen molar-refractivity contribution in [2.75, 3.05) is 6.26 Å². The minimum Gasteiger partial charge on any atom is -0.256 e. The van der Waals surface area contributed by atoms with Gasteiger partial charge in [-0.3, -0.25) is 4.98 Å². The van der Waals surface area contributed by atoms with Gasteiger partial charge in [-0.15, -0.1) is 0 Å². The van der Waals surface area contributed by atoms with Gasteiger partial charge in [0.25, 0.3) is 0 Å². The number of fused-ring (bicyclic) bond motifs is 1. The summed E-state index contributed by atoms with van der Waals surface area (Å²) in [7, 11) is 0. The van der Waals surface area contributed by atoms with Gasteiger partial charge in [0.1, 0.15) is 5.15 Å². The second kappa shape index (κ2) is 5.15. The predicted molar refractivity (Wildman–Crippen MR) is 79.6 cm³/mol. The van der Waals surface area contributed by atoms with Crippen LogP contribution in [0.3, 0.4) is 0 Å². The van der Waals surface area contributed by atoms with Crippen molar-refractivity contribution < 1.29 is 0 Å². The molecule has 0 amide bonds. The van der Waals surface area contributed by atoms with Crippen molar-refractivity contribution in [3.8, 4) is 11.3 Å². The van der Waals surface area contributed by atoms with Gasteiger partial charge >= 0.3 is 0 Å². The highest BCUT2D eigenvalue weighted by atomic mass is 35.5. The zero-order valence-electron chi connectivity index (χ0n) is 10.2. The Hall–Kier alpha value is -1.65. The maximum atomic E-state index is 6.02. The van der Waals surface area contributed by atoms with Crippen molar-refractivity contribution in [1.29, 1.82) is 0 Å². The average molecular weight is 288 g/mol. The molecule has 0 aliphatic heterocycles. The molecule has 1 aromatic carbocycles. The van der Waals surface area contributed by atoms with Crippen molar-refractivity contribution >= 4 is 34.3 Å². The molecule has 0 spiro atoms. The smallest absolute Gasteiger partial charge is 0.189 e.